The number of hydrogen-bond acceptors (Lipinski definition) is 4. The summed E-state index contributed by atoms with van der Waals surface area (Å²) in [7, 11) is 0. The number of thiocarbonyl (C=S) groups is 1. The van der Waals surface area contributed by atoms with Gasteiger partial charge in [0.2, 0.25) is 0 Å². The van der Waals surface area contributed by atoms with E-state index in [0.717, 1.165) is 37.6 Å². The Morgan fingerprint density at radius 2 is 1.59 bits per heavy atom. The summed E-state index contributed by atoms with van der Waals surface area (Å²) in [4.78, 5) is 18.3. The molecule has 2 aromatic rings. The molecule has 1 unspecified atom stereocenters. The molecule has 4 rings (SSSR count). The van der Waals surface area contributed by atoms with Gasteiger partial charge < -0.3 is 5.32 Å². The second-order valence-corrected chi connectivity index (χ2v) is 8.92. The van der Waals surface area contributed by atoms with Gasteiger partial charge in [0, 0.05) is 50.1 Å². The fourth-order valence-corrected chi connectivity index (χ4v) is 4.71. The molecule has 0 aromatic heterocycles. The van der Waals surface area contributed by atoms with Crippen LogP contribution in [0.2, 0.25) is 0 Å². The van der Waals surface area contributed by atoms with Crippen LogP contribution in [0.5, 0.6) is 0 Å². The maximum absolute atomic E-state index is 12.5. The van der Waals surface area contributed by atoms with E-state index in [1.165, 1.54) is 11.1 Å². The van der Waals surface area contributed by atoms with Crippen LogP contribution in [-0.2, 0) is 4.79 Å². The van der Waals surface area contributed by atoms with Crippen molar-refractivity contribution in [3.8, 4) is 0 Å². The Morgan fingerprint density at radius 3 is 2.19 bits per heavy atom. The highest BCUT2D eigenvalue weighted by atomic mass is 32.1. The molecular weight excluding hydrogens is 414 g/mol. The Bertz CT molecular complexity index is 939. The lowest BCUT2D eigenvalue weighted by molar-refractivity contribution is -0.117. The Labute approximate surface area is 196 Å². The molecule has 1 N–H and O–H groups in total. The molecular formula is C27H31N3OS. The smallest absolute Gasteiger partial charge is 0.252 e. The van der Waals surface area contributed by atoms with Gasteiger partial charge in [-0.2, -0.15) is 0 Å². The van der Waals surface area contributed by atoms with E-state index in [9.17, 15) is 4.79 Å². The third-order valence-electron chi connectivity index (χ3n) is 6.30. The van der Waals surface area contributed by atoms with Crippen LogP contribution in [0.4, 0.5) is 0 Å². The summed E-state index contributed by atoms with van der Waals surface area (Å²) in [6.07, 6.45) is 5.77. The zero-order valence-electron chi connectivity index (χ0n) is 18.6. The van der Waals surface area contributed by atoms with E-state index in [2.05, 4.69) is 75.8 Å². The molecule has 2 aromatic carbocycles. The molecule has 1 saturated heterocycles. The molecule has 1 heterocycles. The maximum Gasteiger partial charge on any atom is 0.252 e. The van der Waals surface area contributed by atoms with Crippen molar-refractivity contribution in [2.45, 2.75) is 13.0 Å². The summed E-state index contributed by atoms with van der Waals surface area (Å²) >= 11 is 5.42. The Hall–Kier alpha value is -2.60. The number of hydrogen-bond donors (Lipinski definition) is 1. The van der Waals surface area contributed by atoms with Gasteiger partial charge in [-0.3, -0.25) is 14.6 Å². The van der Waals surface area contributed by atoms with Crippen LogP contribution in [0.1, 0.15) is 24.1 Å². The number of nitrogens with one attached hydrogen (secondary N) is 1. The zero-order valence-corrected chi connectivity index (χ0v) is 19.4. The van der Waals surface area contributed by atoms with Gasteiger partial charge in [-0.1, -0.05) is 92.0 Å². The monoisotopic (exact) mass is 445 g/mol. The number of rotatable bonds is 7. The number of carbonyl (C=O) groups is 1. The first-order valence-electron chi connectivity index (χ1n) is 11.4. The van der Waals surface area contributed by atoms with Crippen LogP contribution in [0.3, 0.4) is 0 Å². The zero-order chi connectivity index (χ0) is 22.3. The van der Waals surface area contributed by atoms with E-state index in [0.29, 0.717) is 12.1 Å². The number of amides is 1. The molecule has 0 bridgehead atoms. The van der Waals surface area contributed by atoms with Crippen molar-refractivity contribution in [3.05, 3.63) is 95.6 Å². The molecule has 166 valence electrons. The summed E-state index contributed by atoms with van der Waals surface area (Å²) in [5, 5.41) is 3.05. The van der Waals surface area contributed by atoms with E-state index in [-0.39, 0.29) is 17.9 Å². The minimum Gasteiger partial charge on any atom is -0.351 e. The number of nitrogens with zero attached hydrogens (tertiary/aromatic N) is 2. The van der Waals surface area contributed by atoms with Gasteiger partial charge in [0.15, 0.2) is 0 Å². The van der Waals surface area contributed by atoms with Crippen molar-refractivity contribution in [3.63, 3.8) is 0 Å². The Kier molecular flexibility index (Phi) is 7.63. The molecule has 1 fully saturated rings. The van der Waals surface area contributed by atoms with E-state index in [4.69, 9.17) is 12.2 Å². The molecule has 0 radical (unpaired) electrons. The predicted octanol–water partition coefficient (Wildman–Crippen LogP) is 4.01. The first-order valence-corrected chi connectivity index (χ1v) is 11.8. The van der Waals surface area contributed by atoms with Crippen molar-refractivity contribution >= 4 is 23.0 Å². The molecule has 5 heteroatoms. The SMILES string of the molecule is CC1C=CC=C(C(=O)NCCN2CCN(C(c3ccccc3)c3ccccc3)CC2)C1=S. The van der Waals surface area contributed by atoms with Gasteiger partial charge in [-0.05, 0) is 17.2 Å². The van der Waals surface area contributed by atoms with Gasteiger partial charge in [0.05, 0.1) is 11.6 Å². The van der Waals surface area contributed by atoms with Crippen LogP contribution in [0.15, 0.2) is 84.5 Å². The van der Waals surface area contributed by atoms with Crippen LogP contribution in [0, 0.1) is 5.92 Å². The van der Waals surface area contributed by atoms with Crippen LogP contribution in [-0.4, -0.2) is 59.8 Å². The first kappa shape index (κ1) is 22.6. The van der Waals surface area contributed by atoms with E-state index < -0.39 is 0 Å². The van der Waals surface area contributed by atoms with Crippen LogP contribution < -0.4 is 5.32 Å². The average molecular weight is 446 g/mol. The molecule has 4 nitrogen and oxygen atoms in total. The highest BCUT2D eigenvalue weighted by molar-refractivity contribution is 7.81. The number of allylic oxidation sites excluding steroid dienone is 3. The van der Waals surface area contributed by atoms with Crippen molar-refractivity contribution in [2.24, 2.45) is 5.92 Å². The van der Waals surface area contributed by atoms with E-state index in [1.807, 2.05) is 25.2 Å². The summed E-state index contributed by atoms with van der Waals surface area (Å²) in [5.74, 6) is 0.0871. The number of piperazine rings is 1. The van der Waals surface area contributed by atoms with Crippen LogP contribution >= 0.6 is 12.2 Å². The fraction of sp³-hybridized carbons (Fsp3) is 0.333. The normalized spacial score (nSPS) is 19.8. The quantitative estimate of drug-likeness (QED) is 0.653. The standard InChI is InChI=1S/C27H31N3OS/c1-21-9-8-14-24(26(21)32)27(31)28-15-16-29-17-19-30(20-18-29)25(22-10-4-2-5-11-22)23-12-6-3-7-13-23/h2-14,21,25H,15-20H2,1H3,(H,28,31). The highest BCUT2D eigenvalue weighted by Gasteiger charge is 2.26. The second kappa shape index (κ2) is 10.8. The molecule has 1 aliphatic carbocycles. The van der Waals surface area contributed by atoms with E-state index in [1.54, 1.807) is 0 Å². The molecule has 1 aliphatic heterocycles. The molecule has 0 spiro atoms. The van der Waals surface area contributed by atoms with Crippen molar-refractivity contribution < 1.29 is 4.79 Å². The topological polar surface area (TPSA) is 35.6 Å². The fourth-order valence-electron chi connectivity index (χ4n) is 4.47. The van der Waals surface area contributed by atoms with Gasteiger partial charge in [-0.15, -0.1) is 0 Å². The van der Waals surface area contributed by atoms with Crippen LogP contribution in [0.25, 0.3) is 0 Å². The number of benzene rings is 2. The maximum atomic E-state index is 12.5. The lowest BCUT2D eigenvalue weighted by atomic mass is 9.95. The predicted molar refractivity (Wildman–Crippen MR) is 135 cm³/mol. The second-order valence-electron chi connectivity index (χ2n) is 8.48. The molecule has 1 atom stereocenters. The summed E-state index contributed by atoms with van der Waals surface area (Å²) in [6, 6.07) is 21.8. The summed E-state index contributed by atoms with van der Waals surface area (Å²) < 4.78 is 0. The highest BCUT2D eigenvalue weighted by Crippen LogP contribution is 2.29. The third kappa shape index (κ3) is 5.41. The van der Waals surface area contributed by atoms with Gasteiger partial charge in [0.1, 0.15) is 0 Å². The largest absolute Gasteiger partial charge is 0.351 e. The summed E-state index contributed by atoms with van der Waals surface area (Å²) in [5.41, 5.74) is 3.30. The minimum atomic E-state index is -0.0574. The minimum absolute atomic E-state index is 0.0574. The van der Waals surface area contributed by atoms with Crippen molar-refractivity contribution in [1.82, 2.24) is 15.1 Å². The third-order valence-corrected chi connectivity index (χ3v) is 6.89. The average Bonchev–Trinajstić information content (AvgIpc) is 2.83. The molecule has 2 aliphatic rings. The molecule has 32 heavy (non-hydrogen) atoms. The van der Waals surface area contributed by atoms with Crippen molar-refractivity contribution in [2.75, 3.05) is 39.3 Å². The first-order chi connectivity index (χ1) is 15.6. The Balaban J connectivity index is 1.30. The van der Waals surface area contributed by atoms with E-state index >= 15 is 0 Å². The van der Waals surface area contributed by atoms with Gasteiger partial charge in [0.25, 0.3) is 5.91 Å². The Morgan fingerprint density at radius 1 is 1.00 bits per heavy atom. The van der Waals surface area contributed by atoms with Crippen molar-refractivity contribution in [1.29, 1.82) is 0 Å². The summed E-state index contributed by atoms with van der Waals surface area (Å²) in [6.45, 7) is 7.50. The van der Waals surface area contributed by atoms with Gasteiger partial charge >= 0.3 is 0 Å². The lowest BCUT2D eigenvalue weighted by Gasteiger charge is -2.39. The molecule has 0 saturated carbocycles. The number of carbonyl (C=O) groups excluding carboxylic acids is 1. The molecule has 1 amide bonds. The van der Waals surface area contributed by atoms with Gasteiger partial charge in [-0.25, -0.2) is 0 Å². The lowest BCUT2D eigenvalue weighted by Crippen LogP contribution is -2.49.